The van der Waals surface area contributed by atoms with Crippen LogP contribution in [0.25, 0.3) is 5.69 Å². The molecule has 2 heterocycles. The smallest absolute Gasteiger partial charge is 0.191 e. The number of para-hydroxylation sites is 3. The van der Waals surface area contributed by atoms with E-state index in [1.54, 1.807) is 7.11 Å². The van der Waals surface area contributed by atoms with E-state index >= 15 is 0 Å². The van der Waals surface area contributed by atoms with E-state index in [9.17, 15) is 0 Å². The number of hydrogen-bond acceptors (Lipinski definition) is 4. The predicted octanol–water partition coefficient (Wildman–Crippen LogP) is 3.75. The fourth-order valence-electron chi connectivity index (χ4n) is 3.99. The van der Waals surface area contributed by atoms with Crippen LogP contribution in [0.3, 0.4) is 0 Å². The maximum Gasteiger partial charge on any atom is 0.191 e. The Morgan fingerprint density at radius 1 is 1.12 bits per heavy atom. The molecule has 0 bridgehead atoms. The zero-order chi connectivity index (χ0) is 21.6. The molecule has 7 nitrogen and oxygen atoms in total. The van der Waals surface area contributed by atoms with Crippen LogP contribution in [0.4, 0.5) is 5.69 Å². The minimum atomic E-state index is 0. The third kappa shape index (κ3) is 5.53. The van der Waals surface area contributed by atoms with Gasteiger partial charge in [0.2, 0.25) is 0 Å². The number of nitrogens with one attached hydrogen (secondary N) is 2. The lowest BCUT2D eigenvalue weighted by molar-refractivity contribution is 0.415. The third-order valence-corrected chi connectivity index (χ3v) is 5.59. The number of guanidine groups is 1. The summed E-state index contributed by atoms with van der Waals surface area (Å²) in [5.74, 6) is 1.72. The van der Waals surface area contributed by atoms with E-state index < -0.39 is 0 Å². The number of nitrogens with zero attached hydrogens (tertiary/aromatic N) is 4. The number of benzene rings is 2. The summed E-state index contributed by atoms with van der Waals surface area (Å²) >= 11 is 0. The molecule has 0 spiro atoms. The molecular weight excluding hydrogens is 515 g/mol. The van der Waals surface area contributed by atoms with Crippen LogP contribution in [0.5, 0.6) is 5.75 Å². The topological polar surface area (TPSA) is 66.7 Å². The third-order valence-electron chi connectivity index (χ3n) is 5.59. The Morgan fingerprint density at radius 2 is 1.88 bits per heavy atom. The van der Waals surface area contributed by atoms with Crippen molar-refractivity contribution in [3.8, 4) is 11.4 Å². The van der Waals surface area contributed by atoms with Gasteiger partial charge < -0.3 is 20.3 Å². The molecule has 1 aromatic heterocycles. The van der Waals surface area contributed by atoms with E-state index in [1.165, 1.54) is 0 Å². The summed E-state index contributed by atoms with van der Waals surface area (Å²) in [5, 5.41) is 11.6. The lowest BCUT2D eigenvalue weighted by Gasteiger charge is -2.22. The second-order valence-corrected chi connectivity index (χ2v) is 7.70. The van der Waals surface area contributed by atoms with Crippen LogP contribution < -0.4 is 20.3 Å². The van der Waals surface area contributed by atoms with Gasteiger partial charge in [-0.05, 0) is 43.2 Å². The molecule has 32 heavy (non-hydrogen) atoms. The van der Waals surface area contributed by atoms with E-state index in [-0.39, 0.29) is 24.0 Å². The number of halogens is 1. The molecule has 0 aliphatic carbocycles. The second-order valence-electron chi connectivity index (χ2n) is 7.70. The first-order valence-corrected chi connectivity index (χ1v) is 10.6. The summed E-state index contributed by atoms with van der Waals surface area (Å²) in [6.07, 6.45) is 3.04. The normalized spacial score (nSPS) is 15.9. The van der Waals surface area contributed by atoms with Gasteiger partial charge in [-0.25, -0.2) is 4.68 Å². The largest absolute Gasteiger partial charge is 0.495 e. The van der Waals surface area contributed by atoms with Gasteiger partial charge in [-0.2, -0.15) is 5.10 Å². The molecule has 0 amide bonds. The van der Waals surface area contributed by atoms with Crippen molar-refractivity contribution in [2.24, 2.45) is 4.99 Å². The van der Waals surface area contributed by atoms with Gasteiger partial charge in [-0.1, -0.05) is 30.3 Å². The Morgan fingerprint density at radius 3 is 2.59 bits per heavy atom. The number of aliphatic imine (C=N–C) groups is 1. The summed E-state index contributed by atoms with van der Waals surface area (Å²) in [5.41, 5.74) is 4.37. The van der Waals surface area contributed by atoms with E-state index in [4.69, 9.17) is 4.74 Å². The molecule has 2 N–H and O–H groups in total. The van der Waals surface area contributed by atoms with Crippen LogP contribution in [0, 0.1) is 6.92 Å². The van der Waals surface area contributed by atoms with Gasteiger partial charge in [0.1, 0.15) is 5.75 Å². The molecule has 1 saturated heterocycles. The van der Waals surface area contributed by atoms with Crippen LogP contribution in [0.15, 0.2) is 65.8 Å². The zero-order valence-electron chi connectivity index (χ0n) is 18.8. The number of methoxy groups -OCH3 is 1. The Labute approximate surface area is 206 Å². The second kappa shape index (κ2) is 11.2. The fourth-order valence-corrected chi connectivity index (χ4v) is 3.99. The Bertz CT molecular complexity index is 1050. The molecule has 1 aliphatic rings. The molecule has 170 valence electrons. The van der Waals surface area contributed by atoms with Gasteiger partial charge in [0, 0.05) is 38.9 Å². The highest BCUT2D eigenvalue weighted by molar-refractivity contribution is 14.0. The van der Waals surface area contributed by atoms with E-state index in [1.807, 2.05) is 49.1 Å². The molecule has 8 heteroatoms. The van der Waals surface area contributed by atoms with Crippen molar-refractivity contribution in [2.75, 3.05) is 32.1 Å². The molecule has 3 aromatic rings. The molecule has 0 saturated carbocycles. The number of ether oxygens (including phenoxy) is 1. The van der Waals surface area contributed by atoms with E-state index in [0.29, 0.717) is 12.6 Å². The standard InChI is InChI=1S/C24H30N6O.HI/c1-18-12-15-30(28-18)21-9-5-4-8-19(21)16-26-24(25-2)27-20-13-14-29(17-20)22-10-6-7-11-23(22)31-3;/h4-12,15,20H,13-14,16-17H2,1-3H3,(H2,25,26,27);1H. The van der Waals surface area contributed by atoms with Crippen molar-refractivity contribution < 1.29 is 4.74 Å². The highest BCUT2D eigenvalue weighted by Gasteiger charge is 2.25. The average molecular weight is 546 g/mol. The molecule has 1 fully saturated rings. The van der Waals surface area contributed by atoms with Gasteiger partial charge in [0.25, 0.3) is 0 Å². The highest BCUT2D eigenvalue weighted by atomic mass is 127. The maximum absolute atomic E-state index is 5.53. The summed E-state index contributed by atoms with van der Waals surface area (Å²) in [6.45, 7) is 4.55. The first kappa shape index (κ1) is 23.9. The zero-order valence-corrected chi connectivity index (χ0v) is 21.1. The SMILES string of the molecule is CN=C(NCc1ccccc1-n1ccc(C)n1)NC1CCN(c2ccccc2OC)C1.I. The van der Waals surface area contributed by atoms with Crippen LogP contribution in [0.1, 0.15) is 17.7 Å². The first-order valence-electron chi connectivity index (χ1n) is 10.6. The van der Waals surface area contributed by atoms with Gasteiger partial charge in [0.05, 0.1) is 24.2 Å². The Balaban J connectivity index is 0.00000289. The average Bonchev–Trinajstić information content (AvgIpc) is 3.45. The van der Waals surface area contributed by atoms with Crippen LogP contribution >= 0.6 is 24.0 Å². The lowest BCUT2D eigenvalue weighted by Crippen LogP contribution is -2.44. The van der Waals surface area contributed by atoms with Crippen molar-refractivity contribution in [3.63, 3.8) is 0 Å². The van der Waals surface area contributed by atoms with Gasteiger partial charge in [-0.3, -0.25) is 4.99 Å². The minimum Gasteiger partial charge on any atom is -0.495 e. The molecule has 1 unspecified atom stereocenters. The van der Waals surface area contributed by atoms with Crippen LogP contribution in [0.2, 0.25) is 0 Å². The van der Waals surface area contributed by atoms with E-state index in [0.717, 1.165) is 53.9 Å². The van der Waals surface area contributed by atoms with Crippen molar-refractivity contribution in [1.82, 2.24) is 20.4 Å². The quantitative estimate of drug-likeness (QED) is 0.280. The van der Waals surface area contributed by atoms with Gasteiger partial charge in [0.15, 0.2) is 5.96 Å². The molecule has 2 aromatic carbocycles. The molecule has 1 atom stereocenters. The van der Waals surface area contributed by atoms with Crippen molar-refractivity contribution in [3.05, 3.63) is 72.1 Å². The van der Waals surface area contributed by atoms with Gasteiger partial charge in [-0.15, -0.1) is 24.0 Å². The number of anilines is 1. The monoisotopic (exact) mass is 546 g/mol. The predicted molar refractivity (Wildman–Crippen MR) is 141 cm³/mol. The molecule has 0 radical (unpaired) electrons. The Kier molecular flexibility index (Phi) is 8.38. The van der Waals surface area contributed by atoms with Crippen molar-refractivity contribution in [2.45, 2.75) is 25.9 Å². The van der Waals surface area contributed by atoms with E-state index in [2.05, 4.69) is 56.0 Å². The number of aromatic nitrogens is 2. The summed E-state index contributed by atoms with van der Waals surface area (Å²) in [6, 6.07) is 18.8. The number of aryl methyl sites for hydroxylation is 1. The van der Waals surface area contributed by atoms with Crippen molar-refractivity contribution >= 4 is 35.6 Å². The number of hydrogen-bond donors (Lipinski definition) is 2. The van der Waals surface area contributed by atoms with Crippen LogP contribution in [-0.4, -0.2) is 49.0 Å². The fraction of sp³-hybridized carbons (Fsp3) is 0.333. The summed E-state index contributed by atoms with van der Waals surface area (Å²) in [7, 11) is 3.53. The van der Waals surface area contributed by atoms with Crippen molar-refractivity contribution in [1.29, 1.82) is 0 Å². The highest BCUT2D eigenvalue weighted by Crippen LogP contribution is 2.30. The lowest BCUT2D eigenvalue weighted by atomic mass is 10.2. The summed E-state index contributed by atoms with van der Waals surface area (Å²) < 4.78 is 7.45. The van der Waals surface area contributed by atoms with Crippen LogP contribution in [-0.2, 0) is 6.54 Å². The first-order chi connectivity index (χ1) is 15.2. The minimum absolute atomic E-state index is 0. The van der Waals surface area contributed by atoms with Gasteiger partial charge >= 0.3 is 0 Å². The maximum atomic E-state index is 5.53. The molecule has 4 rings (SSSR count). The molecule has 1 aliphatic heterocycles. The molecular formula is C24H31IN6O. The number of rotatable bonds is 6. The summed E-state index contributed by atoms with van der Waals surface area (Å²) in [4.78, 5) is 6.79. The Hall–Kier alpha value is -2.75.